The van der Waals surface area contributed by atoms with Crippen LogP contribution in [-0.4, -0.2) is 18.3 Å². The van der Waals surface area contributed by atoms with E-state index in [1.165, 1.54) is 0 Å². The van der Waals surface area contributed by atoms with Crippen LogP contribution in [-0.2, 0) is 13.6 Å². The SMILES string of the molecule is CCOP(=O)(OCC)[C@H](O)c1ccccc1. The highest BCUT2D eigenvalue weighted by Gasteiger charge is 2.34. The Balaban J connectivity index is 2.91. The molecule has 90 valence electrons. The Labute approximate surface area is 95.7 Å². The molecule has 1 atom stereocenters. The Kier molecular flexibility index (Phi) is 5.16. The largest absolute Gasteiger partial charge is 0.376 e. The molecule has 0 amide bonds. The lowest BCUT2D eigenvalue weighted by atomic mass is 10.2. The topological polar surface area (TPSA) is 55.8 Å². The van der Waals surface area contributed by atoms with Crippen molar-refractivity contribution < 1.29 is 18.7 Å². The fourth-order valence-corrected chi connectivity index (χ4v) is 2.96. The van der Waals surface area contributed by atoms with Gasteiger partial charge in [0.25, 0.3) is 0 Å². The molecule has 0 saturated carbocycles. The van der Waals surface area contributed by atoms with Crippen LogP contribution in [0.25, 0.3) is 0 Å². The van der Waals surface area contributed by atoms with E-state index in [4.69, 9.17) is 9.05 Å². The van der Waals surface area contributed by atoms with E-state index in [9.17, 15) is 9.67 Å². The van der Waals surface area contributed by atoms with Crippen molar-refractivity contribution in [2.75, 3.05) is 13.2 Å². The van der Waals surface area contributed by atoms with Crippen molar-refractivity contribution >= 4 is 7.60 Å². The summed E-state index contributed by atoms with van der Waals surface area (Å²) in [5.74, 6) is -1.23. The standard InChI is InChI=1S/C11H17O4P/c1-3-14-16(13,15-4-2)11(12)10-8-6-5-7-9-10/h5-9,11-12H,3-4H2,1-2H3/t11-/m0/s1. The van der Waals surface area contributed by atoms with Gasteiger partial charge in [0.1, 0.15) is 0 Å². The first-order valence-corrected chi connectivity index (χ1v) is 6.87. The van der Waals surface area contributed by atoms with Gasteiger partial charge in [0, 0.05) is 0 Å². The van der Waals surface area contributed by atoms with Gasteiger partial charge in [0.15, 0.2) is 5.85 Å². The van der Waals surface area contributed by atoms with E-state index in [-0.39, 0.29) is 13.2 Å². The first-order chi connectivity index (χ1) is 7.64. The highest BCUT2D eigenvalue weighted by Crippen LogP contribution is 2.59. The van der Waals surface area contributed by atoms with Gasteiger partial charge in [0.05, 0.1) is 13.2 Å². The average molecular weight is 244 g/mol. The first kappa shape index (κ1) is 13.4. The van der Waals surface area contributed by atoms with E-state index in [1.54, 1.807) is 38.1 Å². The average Bonchev–Trinajstić information content (AvgIpc) is 2.30. The molecule has 0 saturated heterocycles. The van der Waals surface area contributed by atoms with E-state index >= 15 is 0 Å². The summed E-state index contributed by atoms with van der Waals surface area (Å²) in [5.41, 5.74) is 0.535. The second-order valence-corrected chi connectivity index (χ2v) is 5.24. The van der Waals surface area contributed by atoms with Gasteiger partial charge < -0.3 is 14.2 Å². The second kappa shape index (κ2) is 6.16. The molecule has 0 aliphatic heterocycles. The summed E-state index contributed by atoms with van der Waals surface area (Å²) in [4.78, 5) is 0. The molecule has 0 aromatic heterocycles. The van der Waals surface area contributed by atoms with E-state index in [0.717, 1.165) is 0 Å². The minimum Gasteiger partial charge on any atom is -0.376 e. The molecule has 1 aromatic rings. The van der Waals surface area contributed by atoms with Crippen molar-refractivity contribution in [1.29, 1.82) is 0 Å². The summed E-state index contributed by atoms with van der Waals surface area (Å²) >= 11 is 0. The Morgan fingerprint density at radius 2 is 1.69 bits per heavy atom. The van der Waals surface area contributed by atoms with Gasteiger partial charge >= 0.3 is 7.60 Å². The number of aliphatic hydroxyl groups is 1. The molecule has 0 radical (unpaired) electrons. The Morgan fingerprint density at radius 3 is 2.12 bits per heavy atom. The summed E-state index contributed by atoms with van der Waals surface area (Å²) in [7, 11) is -3.48. The number of benzene rings is 1. The van der Waals surface area contributed by atoms with Crippen molar-refractivity contribution in [2.24, 2.45) is 0 Å². The molecular formula is C11H17O4P. The molecule has 5 heteroatoms. The van der Waals surface area contributed by atoms with E-state index < -0.39 is 13.4 Å². The van der Waals surface area contributed by atoms with Crippen molar-refractivity contribution in [1.82, 2.24) is 0 Å². The van der Waals surface area contributed by atoms with Crippen LogP contribution in [0.3, 0.4) is 0 Å². The van der Waals surface area contributed by atoms with Gasteiger partial charge in [-0.15, -0.1) is 0 Å². The van der Waals surface area contributed by atoms with Crippen LogP contribution >= 0.6 is 7.60 Å². The number of aliphatic hydroxyl groups excluding tert-OH is 1. The zero-order chi connectivity index (χ0) is 12.0. The molecule has 1 rings (SSSR count). The first-order valence-electron chi connectivity index (χ1n) is 5.26. The maximum Gasteiger partial charge on any atom is 0.363 e. The molecule has 16 heavy (non-hydrogen) atoms. The number of hydrogen-bond acceptors (Lipinski definition) is 4. The van der Waals surface area contributed by atoms with Crippen molar-refractivity contribution in [3.63, 3.8) is 0 Å². The van der Waals surface area contributed by atoms with Crippen molar-refractivity contribution in [3.05, 3.63) is 35.9 Å². The van der Waals surface area contributed by atoms with Gasteiger partial charge in [-0.2, -0.15) is 0 Å². The molecule has 0 bridgehead atoms. The predicted octanol–water partition coefficient (Wildman–Crippen LogP) is 2.94. The lowest BCUT2D eigenvalue weighted by Gasteiger charge is -2.22. The predicted molar refractivity (Wildman–Crippen MR) is 62.3 cm³/mol. The molecule has 1 N–H and O–H groups in total. The summed E-state index contributed by atoms with van der Waals surface area (Å²) in [6.07, 6.45) is 0. The zero-order valence-electron chi connectivity index (χ0n) is 9.50. The highest BCUT2D eigenvalue weighted by atomic mass is 31.2. The molecule has 0 heterocycles. The lowest BCUT2D eigenvalue weighted by molar-refractivity contribution is 0.150. The van der Waals surface area contributed by atoms with Crippen LogP contribution in [0.15, 0.2) is 30.3 Å². The van der Waals surface area contributed by atoms with Gasteiger partial charge in [-0.05, 0) is 19.4 Å². The monoisotopic (exact) mass is 244 g/mol. The Morgan fingerprint density at radius 1 is 1.19 bits per heavy atom. The molecule has 0 fully saturated rings. The zero-order valence-corrected chi connectivity index (χ0v) is 10.4. The summed E-state index contributed by atoms with van der Waals surface area (Å²) in [5, 5.41) is 9.99. The third kappa shape index (κ3) is 3.16. The minimum absolute atomic E-state index is 0.237. The van der Waals surface area contributed by atoms with Gasteiger partial charge in [-0.3, -0.25) is 4.57 Å². The molecule has 0 aliphatic carbocycles. The normalized spacial score (nSPS) is 13.7. The maximum atomic E-state index is 12.2. The van der Waals surface area contributed by atoms with Crippen LogP contribution in [0.4, 0.5) is 0 Å². The molecule has 0 aliphatic rings. The quantitative estimate of drug-likeness (QED) is 0.781. The fourth-order valence-electron chi connectivity index (χ4n) is 1.35. The van der Waals surface area contributed by atoms with Gasteiger partial charge in [-0.25, -0.2) is 0 Å². The van der Waals surface area contributed by atoms with E-state index in [0.29, 0.717) is 5.56 Å². The third-order valence-electron chi connectivity index (χ3n) is 2.02. The van der Waals surface area contributed by atoms with Crippen molar-refractivity contribution in [3.8, 4) is 0 Å². The van der Waals surface area contributed by atoms with E-state index in [2.05, 4.69) is 0 Å². The molecule has 4 nitrogen and oxygen atoms in total. The fraction of sp³-hybridized carbons (Fsp3) is 0.455. The summed E-state index contributed by atoms with van der Waals surface area (Å²) in [6, 6.07) is 8.73. The maximum absolute atomic E-state index is 12.2. The molecule has 1 aromatic carbocycles. The minimum atomic E-state index is -3.48. The lowest BCUT2D eigenvalue weighted by Crippen LogP contribution is -2.05. The Bertz CT molecular complexity index is 342. The van der Waals surface area contributed by atoms with E-state index in [1.807, 2.05) is 6.07 Å². The molecule has 0 unspecified atom stereocenters. The van der Waals surface area contributed by atoms with Gasteiger partial charge in [0.2, 0.25) is 0 Å². The van der Waals surface area contributed by atoms with Gasteiger partial charge in [-0.1, -0.05) is 30.3 Å². The van der Waals surface area contributed by atoms with Crippen LogP contribution < -0.4 is 0 Å². The van der Waals surface area contributed by atoms with Crippen LogP contribution in [0.1, 0.15) is 25.3 Å². The van der Waals surface area contributed by atoms with Crippen LogP contribution in [0, 0.1) is 0 Å². The molecular weight excluding hydrogens is 227 g/mol. The highest BCUT2D eigenvalue weighted by molar-refractivity contribution is 7.54. The smallest absolute Gasteiger partial charge is 0.363 e. The summed E-state index contributed by atoms with van der Waals surface area (Å²) < 4.78 is 22.4. The van der Waals surface area contributed by atoms with Crippen LogP contribution in [0.2, 0.25) is 0 Å². The summed E-state index contributed by atoms with van der Waals surface area (Å²) in [6.45, 7) is 3.90. The number of rotatable bonds is 6. The number of hydrogen-bond donors (Lipinski definition) is 1. The van der Waals surface area contributed by atoms with Crippen LogP contribution in [0.5, 0.6) is 0 Å². The third-order valence-corrected chi connectivity index (χ3v) is 4.15. The second-order valence-electron chi connectivity index (χ2n) is 3.16. The van der Waals surface area contributed by atoms with Crippen molar-refractivity contribution in [2.45, 2.75) is 19.7 Å². The Hall–Kier alpha value is -0.670. The molecule has 0 spiro atoms.